The van der Waals surface area contributed by atoms with Crippen LogP contribution in [0.2, 0.25) is 5.02 Å². The Labute approximate surface area is 240 Å². The van der Waals surface area contributed by atoms with E-state index in [9.17, 15) is 19.8 Å². The van der Waals surface area contributed by atoms with E-state index in [4.69, 9.17) is 27.2 Å². The Morgan fingerprint density at radius 2 is 2.00 bits per heavy atom. The molecule has 1 unspecified atom stereocenters. The molecule has 10 heteroatoms. The lowest BCUT2D eigenvalue weighted by molar-refractivity contribution is -0.141. The van der Waals surface area contributed by atoms with Crippen LogP contribution in [-0.2, 0) is 16.8 Å². The third-order valence-corrected chi connectivity index (χ3v) is 8.60. The number of benzene rings is 2. The quantitative estimate of drug-likeness (QED) is 0.267. The number of nitrogens with two attached hydrogens (primary N) is 1. The van der Waals surface area contributed by atoms with Crippen LogP contribution in [0.4, 0.5) is 4.79 Å². The molecule has 2 aromatic carbocycles. The second-order valence-corrected chi connectivity index (χ2v) is 11.4. The minimum absolute atomic E-state index is 0.0504. The summed E-state index contributed by atoms with van der Waals surface area (Å²) in [4.78, 5) is 26.3. The van der Waals surface area contributed by atoms with Gasteiger partial charge < -0.3 is 36.0 Å². The number of aliphatic hydroxyl groups excluding tert-OH is 1. The van der Waals surface area contributed by atoms with Gasteiger partial charge in [0.25, 0.3) is 0 Å². The second-order valence-electron chi connectivity index (χ2n) is 11.0. The highest BCUT2D eigenvalue weighted by molar-refractivity contribution is 6.32. The van der Waals surface area contributed by atoms with Crippen LogP contribution in [0.25, 0.3) is 0 Å². The van der Waals surface area contributed by atoms with Crippen LogP contribution in [0.3, 0.4) is 0 Å². The van der Waals surface area contributed by atoms with Gasteiger partial charge in [0.05, 0.1) is 16.7 Å². The first-order chi connectivity index (χ1) is 19.1. The Morgan fingerprint density at radius 1 is 1.23 bits per heavy atom. The molecule has 2 amide bonds. The summed E-state index contributed by atoms with van der Waals surface area (Å²) in [5.41, 5.74) is 6.13. The van der Waals surface area contributed by atoms with Crippen molar-refractivity contribution in [3.05, 3.63) is 58.6 Å². The molecule has 1 heterocycles. The van der Waals surface area contributed by atoms with Crippen LogP contribution in [0.5, 0.6) is 11.5 Å². The first-order valence-corrected chi connectivity index (χ1v) is 14.5. The van der Waals surface area contributed by atoms with Gasteiger partial charge in [0.2, 0.25) is 5.91 Å². The highest BCUT2D eigenvalue weighted by atomic mass is 35.5. The second kappa shape index (κ2) is 13.2. The van der Waals surface area contributed by atoms with E-state index in [0.717, 1.165) is 12.0 Å². The molecule has 4 rings (SSSR count). The van der Waals surface area contributed by atoms with Gasteiger partial charge in [-0.1, -0.05) is 42.8 Å². The van der Waals surface area contributed by atoms with E-state index in [2.05, 4.69) is 12.2 Å². The Balaban J connectivity index is 1.65. The number of carbonyl (C=O) groups excluding carboxylic acids is 1. The molecule has 2 aromatic rings. The third kappa shape index (κ3) is 6.89. The van der Waals surface area contributed by atoms with Crippen LogP contribution in [0, 0.1) is 11.8 Å². The van der Waals surface area contributed by atoms with Gasteiger partial charge in [-0.25, -0.2) is 4.79 Å². The molecule has 5 atom stereocenters. The fourth-order valence-electron chi connectivity index (χ4n) is 6.09. The fourth-order valence-corrected chi connectivity index (χ4v) is 6.30. The lowest BCUT2D eigenvalue weighted by Crippen LogP contribution is -2.49. The minimum Gasteiger partial charge on any atom is -0.465 e. The number of ether oxygens (including phenoxy) is 1. The Morgan fingerprint density at radius 3 is 2.70 bits per heavy atom. The largest absolute Gasteiger partial charge is 0.465 e. The molecule has 40 heavy (non-hydrogen) atoms. The van der Waals surface area contributed by atoms with Crippen molar-refractivity contribution in [2.75, 3.05) is 19.6 Å². The highest BCUT2D eigenvalue weighted by Crippen LogP contribution is 2.47. The fraction of sp³-hybridized carbons (Fsp3) is 0.533. The molecule has 2 aliphatic rings. The number of hydrogen-bond acceptors (Lipinski definition) is 6. The SMILES string of the molecule is CCc1cccc(Oc2c(Cl)cccc2C(O)(CCCNC(=O)O)[C@@H]2CCCN(C(=O)[C@H]3C[C@@H](N)[C@@H](O)C3)C2)c1. The zero-order valence-electron chi connectivity index (χ0n) is 22.9. The van der Waals surface area contributed by atoms with Gasteiger partial charge in [-0.05, 0) is 68.7 Å². The molecule has 1 aliphatic carbocycles. The van der Waals surface area contributed by atoms with E-state index in [1.807, 2.05) is 24.3 Å². The molecule has 1 aliphatic heterocycles. The molecule has 9 nitrogen and oxygen atoms in total. The highest BCUT2D eigenvalue weighted by Gasteiger charge is 2.45. The van der Waals surface area contributed by atoms with Gasteiger partial charge in [-0.15, -0.1) is 0 Å². The minimum atomic E-state index is -1.45. The van der Waals surface area contributed by atoms with E-state index in [1.165, 1.54) is 0 Å². The molecule has 1 saturated heterocycles. The van der Waals surface area contributed by atoms with Crippen molar-refractivity contribution in [2.45, 2.75) is 69.6 Å². The molecule has 0 bridgehead atoms. The van der Waals surface area contributed by atoms with Crippen molar-refractivity contribution in [1.29, 1.82) is 0 Å². The van der Waals surface area contributed by atoms with Gasteiger partial charge in [-0.2, -0.15) is 0 Å². The average molecular weight is 574 g/mol. The van der Waals surface area contributed by atoms with Gasteiger partial charge in [0, 0.05) is 43.1 Å². The zero-order chi connectivity index (χ0) is 28.9. The molecule has 218 valence electrons. The van der Waals surface area contributed by atoms with Crippen molar-refractivity contribution >= 4 is 23.6 Å². The van der Waals surface area contributed by atoms with Crippen molar-refractivity contribution < 1.29 is 29.6 Å². The number of halogens is 1. The molecule has 1 saturated carbocycles. The topological polar surface area (TPSA) is 145 Å². The number of carboxylic acid groups (broad SMARTS) is 1. The summed E-state index contributed by atoms with van der Waals surface area (Å²) in [6, 6.07) is 12.5. The number of para-hydroxylation sites is 1. The van der Waals surface area contributed by atoms with Crippen LogP contribution in [0.1, 0.15) is 56.6 Å². The van der Waals surface area contributed by atoms with Crippen LogP contribution >= 0.6 is 11.6 Å². The normalized spacial score (nSPS) is 24.4. The standard InChI is InChI=1S/C30H40ClN3O6/c1-2-19-7-3-9-22(15-19)40-27-23(10-4-11-24(27)31)30(39,12-6-13-33-29(37)38)21-8-5-14-34(18-21)28(36)20-16-25(32)26(35)17-20/h3-4,7,9-11,15,20-21,25-26,33,35,39H,2,5-6,8,12-14,16-18,32H2,1H3,(H,37,38)/t20-,21+,25+,26-,30?/m0/s1. The van der Waals surface area contributed by atoms with E-state index in [0.29, 0.717) is 67.3 Å². The molecule has 0 radical (unpaired) electrons. The predicted octanol–water partition coefficient (Wildman–Crippen LogP) is 4.27. The zero-order valence-corrected chi connectivity index (χ0v) is 23.6. The summed E-state index contributed by atoms with van der Waals surface area (Å²) in [5, 5.41) is 34.4. The maximum absolute atomic E-state index is 13.4. The van der Waals surface area contributed by atoms with E-state index < -0.39 is 23.8 Å². The van der Waals surface area contributed by atoms with E-state index in [-0.39, 0.29) is 30.7 Å². The van der Waals surface area contributed by atoms with Gasteiger partial charge in [-0.3, -0.25) is 4.79 Å². The van der Waals surface area contributed by atoms with Crippen LogP contribution in [-0.4, -0.2) is 64.0 Å². The summed E-state index contributed by atoms with van der Waals surface area (Å²) in [6.07, 6.45) is 1.77. The molecule has 0 spiro atoms. The summed E-state index contributed by atoms with van der Waals surface area (Å²) >= 11 is 6.67. The number of nitrogens with one attached hydrogen (secondary N) is 1. The third-order valence-electron chi connectivity index (χ3n) is 8.31. The number of likely N-dealkylation sites (tertiary alicyclic amines) is 1. The average Bonchev–Trinajstić information content (AvgIpc) is 3.29. The molecule has 0 aromatic heterocycles. The number of hydrogen-bond donors (Lipinski definition) is 5. The van der Waals surface area contributed by atoms with Crippen LogP contribution in [0.15, 0.2) is 42.5 Å². The van der Waals surface area contributed by atoms with E-state index in [1.54, 1.807) is 23.1 Å². The first kappa shape index (κ1) is 30.1. The Hall–Kier alpha value is -2.85. The summed E-state index contributed by atoms with van der Waals surface area (Å²) in [5.74, 6) is 0.204. The monoisotopic (exact) mass is 573 g/mol. The lowest BCUT2D eigenvalue weighted by atomic mass is 9.73. The van der Waals surface area contributed by atoms with E-state index >= 15 is 0 Å². The van der Waals surface area contributed by atoms with Crippen molar-refractivity contribution in [3.8, 4) is 11.5 Å². The molecule has 6 N–H and O–H groups in total. The molecular weight excluding hydrogens is 534 g/mol. The molecule has 2 fully saturated rings. The van der Waals surface area contributed by atoms with Crippen LogP contribution < -0.4 is 15.8 Å². The number of amides is 2. The number of nitrogens with zero attached hydrogens (tertiary/aromatic N) is 1. The molecular formula is C30H40ClN3O6. The van der Waals surface area contributed by atoms with Crippen molar-refractivity contribution in [2.24, 2.45) is 17.6 Å². The number of piperidine rings is 1. The summed E-state index contributed by atoms with van der Waals surface area (Å²) in [7, 11) is 0. The Bertz CT molecular complexity index is 1190. The summed E-state index contributed by atoms with van der Waals surface area (Å²) < 4.78 is 6.32. The number of carbonyl (C=O) groups is 2. The van der Waals surface area contributed by atoms with Crippen molar-refractivity contribution in [1.82, 2.24) is 10.2 Å². The van der Waals surface area contributed by atoms with Gasteiger partial charge >= 0.3 is 6.09 Å². The number of rotatable bonds is 10. The first-order valence-electron chi connectivity index (χ1n) is 14.1. The predicted molar refractivity (Wildman–Crippen MR) is 153 cm³/mol. The number of aryl methyl sites for hydroxylation is 1. The van der Waals surface area contributed by atoms with Gasteiger partial charge in [0.15, 0.2) is 5.75 Å². The Kier molecular flexibility index (Phi) is 9.94. The number of aliphatic hydroxyl groups is 2. The maximum atomic E-state index is 13.4. The maximum Gasteiger partial charge on any atom is 0.404 e. The van der Waals surface area contributed by atoms with Gasteiger partial charge in [0.1, 0.15) is 5.75 Å². The smallest absolute Gasteiger partial charge is 0.404 e. The lowest BCUT2D eigenvalue weighted by Gasteiger charge is -2.44. The van der Waals surface area contributed by atoms with Crippen molar-refractivity contribution in [3.63, 3.8) is 0 Å². The summed E-state index contributed by atoms with van der Waals surface area (Å²) in [6.45, 7) is 3.11.